The Balaban J connectivity index is 1.76. The van der Waals surface area contributed by atoms with E-state index in [9.17, 15) is 14.4 Å². The highest BCUT2D eigenvalue weighted by atomic mass is 16.5. The first-order valence-corrected chi connectivity index (χ1v) is 10.1. The van der Waals surface area contributed by atoms with E-state index < -0.39 is 5.97 Å². The Morgan fingerprint density at radius 1 is 1.21 bits per heavy atom. The Bertz CT molecular complexity index is 920. The summed E-state index contributed by atoms with van der Waals surface area (Å²) < 4.78 is 6.85. The van der Waals surface area contributed by atoms with Gasteiger partial charge >= 0.3 is 5.97 Å². The molecule has 1 amide bonds. The van der Waals surface area contributed by atoms with Gasteiger partial charge in [0.2, 0.25) is 0 Å². The molecule has 0 aliphatic carbocycles. The Morgan fingerprint density at radius 2 is 2.04 bits per heavy atom. The van der Waals surface area contributed by atoms with Gasteiger partial charge in [0, 0.05) is 19.5 Å². The zero-order chi connectivity index (χ0) is 19.9. The predicted molar refractivity (Wildman–Crippen MR) is 106 cm³/mol. The molecule has 0 radical (unpaired) electrons. The minimum Gasteiger partial charge on any atom is -0.452 e. The molecule has 3 rings (SSSR count). The molecule has 7 heteroatoms. The Kier molecular flexibility index (Phi) is 6.79. The molecule has 0 saturated heterocycles. The molecule has 1 N–H and O–H groups in total. The normalized spacial score (nSPS) is 14.0. The number of hydrogen-bond acceptors (Lipinski definition) is 5. The molecular formula is C21H27N3O4. The first-order chi connectivity index (χ1) is 13.6. The summed E-state index contributed by atoms with van der Waals surface area (Å²) in [6.45, 7) is 2.98. The third kappa shape index (κ3) is 4.77. The lowest BCUT2D eigenvalue weighted by Crippen LogP contribution is -2.29. The molecule has 0 atom stereocenters. The molecule has 1 aliphatic rings. The highest BCUT2D eigenvalue weighted by Gasteiger charge is 2.16. The largest absolute Gasteiger partial charge is 0.452 e. The molecule has 28 heavy (non-hydrogen) atoms. The van der Waals surface area contributed by atoms with Crippen LogP contribution < -0.4 is 10.9 Å². The Labute approximate surface area is 164 Å². The fraction of sp³-hybridized carbons (Fsp3) is 0.524. The number of esters is 1. The molecule has 0 saturated carbocycles. The summed E-state index contributed by atoms with van der Waals surface area (Å²) >= 11 is 0. The van der Waals surface area contributed by atoms with Crippen molar-refractivity contribution in [2.75, 3.05) is 13.2 Å². The maximum atomic E-state index is 12.8. The maximum absolute atomic E-state index is 12.8. The topological polar surface area (TPSA) is 90.3 Å². The van der Waals surface area contributed by atoms with Gasteiger partial charge in [-0.25, -0.2) is 9.78 Å². The van der Waals surface area contributed by atoms with E-state index in [0.717, 1.165) is 50.8 Å². The van der Waals surface area contributed by atoms with Crippen LogP contribution in [0.4, 0.5) is 0 Å². The fourth-order valence-corrected chi connectivity index (χ4v) is 3.39. The summed E-state index contributed by atoms with van der Waals surface area (Å²) in [4.78, 5) is 41.4. The SMILES string of the molecule is CCCCNC(=O)COC(=O)c1ccc2c(=O)n3c(nc2c1)CCCCCC3. The van der Waals surface area contributed by atoms with Gasteiger partial charge < -0.3 is 10.1 Å². The number of fused-ring (bicyclic) bond motifs is 2. The zero-order valence-electron chi connectivity index (χ0n) is 16.3. The minimum absolute atomic E-state index is 0.0582. The van der Waals surface area contributed by atoms with Crippen LogP contribution in [0.1, 0.15) is 61.6 Å². The average Bonchev–Trinajstić information content (AvgIpc) is 2.67. The molecule has 1 aliphatic heterocycles. The fourth-order valence-electron chi connectivity index (χ4n) is 3.39. The summed E-state index contributed by atoms with van der Waals surface area (Å²) in [6.07, 6.45) is 6.88. The third-order valence-electron chi connectivity index (χ3n) is 4.99. The van der Waals surface area contributed by atoms with Gasteiger partial charge in [-0.1, -0.05) is 26.2 Å². The smallest absolute Gasteiger partial charge is 0.338 e. The van der Waals surface area contributed by atoms with Crippen LogP contribution in [-0.4, -0.2) is 34.6 Å². The van der Waals surface area contributed by atoms with Crippen molar-refractivity contribution < 1.29 is 14.3 Å². The highest BCUT2D eigenvalue weighted by Crippen LogP contribution is 2.16. The van der Waals surface area contributed by atoms with E-state index in [2.05, 4.69) is 10.3 Å². The predicted octanol–water partition coefficient (Wildman–Crippen LogP) is 2.59. The van der Waals surface area contributed by atoms with Crippen molar-refractivity contribution in [2.45, 2.75) is 58.4 Å². The summed E-state index contributed by atoms with van der Waals surface area (Å²) in [5.41, 5.74) is 0.729. The molecule has 150 valence electrons. The van der Waals surface area contributed by atoms with E-state index in [4.69, 9.17) is 4.74 Å². The Hall–Kier alpha value is -2.70. The second kappa shape index (κ2) is 9.48. The first kappa shape index (κ1) is 20.0. The standard InChI is InChI=1S/C21H27N3O4/c1-2-3-11-22-19(25)14-28-21(27)15-9-10-16-17(13-15)23-18-8-6-4-5-7-12-24(18)20(16)26/h9-10,13H,2-8,11-12,14H2,1H3,(H,22,25). The molecule has 0 bridgehead atoms. The van der Waals surface area contributed by atoms with Gasteiger partial charge in [-0.3, -0.25) is 14.2 Å². The molecule has 7 nitrogen and oxygen atoms in total. The third-order valence-corrected chi connectivity index (χ3v) is 4.99. The first-order valence-electron chi connectivity index (χ1n) is 10.1. The van der Waals surface area contributed by atoms with E-state index in [1.54, 1.807) is 22.8 Å². The van der Waals surface area contributed by atoms with Gasteiger partial charge in [0.1, 0.15) is 5.82 Å². The monoisotopic (exact) mass is 385 g/mol. The van der Waals surface area contributed by atoms with Crippen molar-refractivity contribution >= 4 is 22.8 Å². The molecule has 0 spiro atoms. The lowest BCUT2D eigenvalue weighted by atomic mass is 10.1. The summed E-state index contributed by atoms with van der Waals surface area (Å²) in [7, 11) is 0. The van der Waals surface area contributed by atoms with Gasteiger partial charge in [0.25, 0.3) is 11.5 Å². The van der Waals surface area contributed by atoms with E-state index in [0.29, 0.717) is 24.0 Å². The van der Waals surface area contributed by atoms with Crippen molar-refractivity contribution in [3.63, 3.8) is 0 Å². The lowest BCUT2D eigenvalue weighted by molar-refractivity contribution is -0.124. The average molecular weight is 385 g/mol. The summed E-state index contributed by atoms with van der Waals surface area (Å²) in [6, 6.07) is 4.75. The van der Waals surface area contributed by atoms with Crippen LogP contribution in [0, 0.1) is 0 Å². The number of nitrogens with zero attached hydrogens (tertiary/aromatic N) is 2. The zero-order valence-corrected chi connectivity index (χ0v) is 16.3. The van der Waals surface area contributed by atoms with E-state index in [-0.39, 0.29) is 23.6 Å². The van der Waals surface area contributed by atoms with E-state index in [1.807, 2.05) is 6.92 Å². The molecule has 1 aromatic carbocycles. The van der Waals surface area contributed by atoms with Gasteiger partial charge in [-0.15, -0.1) is 0 Å². The summed E-state index contributed by atoms with van der Waals surface area (Å²) in [5, 5.41) is 3.20. The van der Waals surface area contributed by atoms with Crippen molar-refractivity contribution in [1.82, 2.24) is 14.9 Å². The number of aromatic nitrogens is 2. The van der Waals surface area contributed by atoms with Crippen LogP contribution in [0.15, 0.2) is 23.0 Å². The number of rotatable bonds is 6. The number of aryl methyl sites for hydroxylation is 1. The van der Waals surface area contributed by atoms with Crippen LogP contribution in [0.2, 0.25) is 0 Å². The molecule has 2 heterocycles. The van der Waals surface area contributed by atoms with Crippen LogP contribution >= 0.6 is 0 Å². The van der Waals surface area contributed by atoms with Crippen LogP contribution in [0.3, 0.4) is 0 Å². The number of carbonyl (C=O) groups is 2. The number of benzene rings is 1. The number of unbranched alkanes of at least 4 members (excludes halogenated alkanes) is 1. The van der Waals surface area contributed by atoms with Gasteiger partial charge in [0.05, 0.1) is 16.5 Å². The second-order valence-electron chi connectivity index (χ2n) is 7.16. The van der Waals surface area contributed by atoms with Gasteiger partial charge in [0.15, 0.2) is 6.61 Å². The van der Waals surface area contributed by atoms with Crippen molar-refractivity contribution in [3.05, 3.63) is 39.9 Å². The molecular weight excluding hydrogens is 358 g/mol. The van der Waals surface area contributed by atoms with Crippen LogP contribution in [-0.2, 0) is 22.5 Å². The van der Waals surface area contributed by atoms with E-state index >= 15 is 0 Å². The van der Waals surface area contributed by atoms with Gasteiger partial charge in [-0.05, 0) is 37.5 Å². The highest BCUT2D eigenvalue weighted by molar-refractivity contribution is 5.95. The number of ether oxygens (including phenoxy) is 1. The lowest BCUT2D eigenvalue weighted by Gasteiger charge is -2.16. The van der Waals surface area contributed by atoms with Gasteiger partial charge in [-0.2, -0.15) is 0 Å². The number of nitrogens with one attached hydrogen (secondary N) is 1. The molecule has 2 aromatic rings. The minimum atomic E-state index is -0.596. The molecule has 1 aromatic heterocycles. The maximum Gasteiger partial charge on any atom is 0.338 e. The number of carbonyl (C=O) groups excluding carboxylic acids is 2. The second-order valence-corrected chi connectivity index (χ2v) is 7.16. The number of amides is 1. The molecule has 0 fully saturated rings. The molecule has 0 unspecified atom stereocenters. The van der Waals surface area contributed by atoms with Crippen molar-refractivity contribution in [3.8, 4) is 0 Å². The number of hydrogen-bond donors (Lipinski definition) is 1. The van der Waals surface area contributed by atoms with Crippen LogP contribution in [0.25, 0.3) is 10.9 Å². The van der Waals surface area contributed by atoms with E-state index in [1.165, 1.54) is 0 Å². The van der Waals surface area contributed by atoms with Crippen molar-refractivity contribution in [1.29, 1.82) is 0 Å². The van der Waals surface area contributed by atoms with Crippen LogP contribution in [0.5, 0.6) is 0 Å². The summed E-state index contributed by atoms with van der Waals surface area (Å²) in [5.74, 6) is -0.139. The quantitative estimate of drug-likeness (QED) is 0.610. The van der Waals surface area contributed by atoms with Crippen molar-refractivity contribution in [2.24, 2.45) is 0 Å². The Morgan fingerprint density at radius 3 is 2.86 bits per heavy atom.